The summed E-state index contributed by atoms with van der Waals surface area (Å²) in [6, 6.07) is 0. The summed E-state index contributed by atoms with van der Waals surface area (Å²) in [5, 5.41) is 12.1. The van der Waals surface area contributed by atoms with Crippen molar-refractivity contribution >= 4 is 5.91 Å². The molecule has 3 rings (SSSR count). The van der Waals surface area contributed by atoms with Crippen LogP contribution in [0.5, 0.6) is 0 Å². The lowest BCUT2D eigenvalue weighted by molar-refractivity contribution is -0.116. The van der Waals surface area contributed by atoms with Gasteiger partial charge in [-0.15, -0.1) is 5.10 Å². The van der Waals surface area contributed by atoms with E-state index in [1.54, 1.807) is 4.68 Å². The lowest BCUT2D eigenvalue weighted by Gasteiger charge is -2.05. The number of hydrogen-bond acceptors (Lipinski definition) is 5. The van der Waals surface area contributed by atoms with Gasteiger partial charge in [-0.2, -0.15) is 9.89 Å². The Morgan fingerprint density at radius 3 is 2.75 bits per heavy atom. The van der Waals surface area contributed by atoms with Crippen LogP contribution >= 0.6 is 0 Å². The molecule has 106 valence electrons. The molecule has 1 fully saturated rings. The molecule has 2 aromatic heterocycles. The third kappa shape index (κ3) is 2.40. The fourth-order valence-corrected chi connectivity index (χ4v) is 1.92. The number of carbonyl (C=O) groups is 1. The number of amides is 1. The van der Waals surface area contributed by atoms with Gasteiger partial charge in [0.2, 0.25) is 5.91 Å². The molecule has 1 aliphatic carbocycles. The second-order valence-electron chi connectivity index (χ2n) is 5.17. The summed E-state index contributed by atoms with van der Waals surface area (Å²) >= 11 is 0. The molecule has 2 aromatic rings. The molecule has 0 spiro atoms. The van der Waals surface area contributed by atoms with Gasteiger partial charge in [-0.05, 0) is 31.9 Å². The van der Waals surface area contributed by atoms with Gasteiger partial charge in [-0.25, -0.2) is 10.4 Å². The molecule has 1 amide bonds. The van der Waals surface area contributed by atoms with E-state index < -0.39 is 0 Å². The molecule has 20 heavy (non-hydrogen) atoms. The molecule has 0 unspecified atom stereocenters. The van der Waals surface area contributed by atoms with Crippen molar-refractivity contribution in [3.63, 3.8) is 0 Å². The third-order valence-electron chi connectivity index (χ3n) is 3.49. The van der Waals surface area contributed by atoms with E-state index in [0.29, 0.717) is 11.7 Å². The summed E-state index contributed by atoms with van der Waals surface area (Å²) in [6.45, 7) is 3.69. The molecule has 1 N–H and O–H groups in total. The minimum atomic E-state index is -0.184. The Kier molecular flexibility index (Phi) is 3.00. The molecule has 0 bridgehead atoms. The maximum atomic E-state index is 12.0. The number of carbonyl (C=O) groups excluding carboxylic acids is 1. The number of nitrogens with zero attached hydrogens (tertiary/aromatic N) is 6. The van der Waals surface area contributed by atoms with Crippen LogP contribution in [0.4, 0.5) is 0 Å². The Morgan fingerprint density at radius 2 is 2.15 bits per heavy atom. The molecular formula is C12H17N7O. The number of aryl methyl sites for hydroxylation is 2. The van der Waals surface area contributed by atoms with Crippen LogP contribution in [0.15, 0.2) is 0 Å². The van der Waals surface area contributed by atoms with E-state index in [-0.39, 0.29) is 12.3 Å². The zero-order valence-corrected chi connectivity index (χ0v) is 11.8. The molecule has 0 saturated heterocycles. The highest BCUT2D eigenvalue weighted by atomic mass is 16.2. The van der Waals surface area contributed by atoms with Gasteiger partial charge in [0.05, 0.1) is 17.8 Å². The molecule has 1 saturated carbocycles. The van der Waals surface area contributed by atoms with E-state index in [9.17, 15) is 4.79 Å². The van der Waals surface area contributed by atoms with Crippen LogP contribution in [0.2, 0.25) is 0 Å². The van der Waals surface area contributed by atoms with Gasteiger partial charge in [-0.3, -0.25) is 9.48 Å². The molecule has 8 heteroatoms. The zero-order chi connectivity index (χ0) is 14.3. The van der Waals surface area contributed by atoms with Crippen LogP contribution in [0.3, 0.4) is 0 Å². The molecule has 8 nitrogen and oxygen atoms in total. The third-order valence-corrected chi connectivity index (χ3v) is 3.49. The normalized spacial score (nSPS) is 14.6. The van der Waals surface area contributed by atoms with E-state index >= 15 is 0 Å². The van der Waals surface area contributed by atoms with Crippen molar-refractivity contribution in [1.29, 1.82) is 0 Å². The summed E-state index contributed by atoms with van der Waals surface area (Å²) in [7, 11) is 1.81. The van der Waals surface area contributed by atoms with Gasteiger partial charge in [0.1, 0.15) is 5.82 Å². The molecule has 0 atom stereocenters. The van der Waals surface area contributed by atoms with Gasteiger partial charge < -0.3 is 0 Å². The summed E-state index contributed by atoms with van der Waals surface area (Å²) < 4.78 is 1.67. The topological polar surface area (TPSA) is 90.5 Å². The van der Waals surface area contributed by atoms with Crippen molar-refractivity contribution < 1.29 is 4.79 Å². The lowest BCUT2D eigenvalue weighted by atomic mass is 10.3. The predicted octanol–water partition coefficient (Wildman–Crippen LogP) is 0.214. The maximum Gasteiger partial charge on any atom is 0.247 e. The van der Waals surface area contributed by atoms with Crippen LogP contribution in [-0.4, -0.2) is 35.8 Å². The molecule has 1 aliphatic rings. The molecular weight excluding hydrogens is 258 g/mol. The Bertz CT molecular complexity index is 653. The maximum absolute atomic E-state index is 12.0. The van der Waals surface area contributed by atoms with Crippen molar-refractivity contribution in [2.24, 2.45) is 7.05 Å². The predicted molar refractivity (Wildman–Crippen MR) is 70.5 cm³/mol. The van der Waals surface area contributed by atoms with E-state index in [2.05, 4.69) is 25.8 Å². The van der Waals surface area contributed by atoms with E-state index in [4.69, 9.17) is 0 Å². The average Bonchev–Trinajstić information content (AvgIpc) is 3.13. The van der Waals surface area contributed by atoms with Crippen molar-refractivity contribution in [3.05, 3.63) is 23.0 Å². The number of nitrogens with one attached hydrogen (secondary N) is 1. The first-order chi connectivity index (χ1) is 9.54. The van der Waals surface area contributed by atoms with Gasteiger partial charge >= 0.3 is 0 Å². The number of aromatic nitrogens is 6. The average molecular weight is 275 g/mol. The first-order valence-corrected chi connectivity index (χ1v) is 6.63. The van der Waals surface area contributed by atoms with Crippen LogP contribution in [-0.2, 0) is 18.3 Å². The second kappa shape index (κ2) is 4.69. The van der Waals surface area contributed by atoms with Crippen molar-refractivity contribution in [3.8, 4) is 0 Å². The van der Waals surface area contributed by atoms with Gasteiger partial charge in [-0.1, -0.05) is 0 Å². The second-order valence-corrected chi connectivity index (χ2v) is 5.17. The SMILES string of the molecule is Cc1nnn(NC(=O)Cc2nc(C3CC3)nn2C)c1C. The highest BCUT2D eigenvalue weighted by Gasteiger charge is 2.28. The van der Waals surface area contributed by atoms with Crippen LogP contribution in [0.1, 0.15) is 41.8 Å². The minimum absolute atomic E-state index is 0.175. The molecule has 0 aliphatic heterocycles. The first-order valence-electron chi connectivity index (χ1n) is 6.63. The van der Waals surface area contributed by atoms with E-state index in [1.807, 2.05) is 20.9 Å². The molecule has 2 heterocycles. The van der Waals surface area contributed by atoms with Crippen molar-refractivity contribution in [2.75, 3.05) is 5.43 Å². The summed E-state index contributed by atoms with van der Waals surface area (Å²) in [5.74, 6) is 1.82. The zero-order valence-electron chi connectivity index (χ0n) is 11.8. The summed E-state index contributed by atoms with van der Waals surface area (Å²) in [5.41, 5.74) is 4.29. The highest BCUT2D eigenvalue weighted by molar-refractivity contribution is 5.85. The Morgan fingerprint density at radius 1 is 1.40 bits per heavy atom. The highest BCUT2D eigenvalue weighted by Crippen LogP contribution is 2.37. The van der Waals surface area contributed by atoms with E-state index in [1.165, 1.54) is 4.79 Å². The quantitative estimate of drug-likeness (QED) is 0.861. The molecule has 0 radical (unpaired) electrons. The number of hydrogen-bond donors (Lipinski definition) is 1. The van der Waals surface area contributed by atoms with Gasteiger partial charge in [0.25, 0.3) is 0 Å². The monoisotopic (exact) mass is 275 g/mol. The smallest absolute Gasteiger partial charge is 0.247 e. The van der Waals surface area contributed by atoms with Crippen LogP contribution in [0.25, 0.3) is 0 Å². The van der Waals surface area contributed by atoms with Crippen molar-refractivity contribution in [2.45, 2.75) is 39.0 Å². The number of rotatable bonds is 4. The fourth-order valence-electron chi connectivity index (χ4n) is 1.92. The standard InChI is InChI=1S/C12H17N7O/c1-7-8(2)19(17-14-7)15-11(20)6-10-13-12(9-4-5-9)16-18(10)3/h9H,4-6H2,1-3H3,(H,15,20). The van der Waals surface area contributed by atoms with Gasteiger partial charge in [0, 0.05) is 13.0 Å². The first kappa shape index (κ1) is 12.8. The lowest BCUT2D eigenvalue weighted by Crippen LogP contribution is -2.27. The van der Waals surface area contributed by atoms with Gasteiger partial charge in [0.15, 0.2) is 5.82 Å². The Labute approximate surface area is 116 Å². The fraction of sp³-hybridized carbons (Fsp3) is 0.583. The Balaban J connectivity index is 1.68. The summed E-state index contributed by atoms with van der Waals surface area (Å²) in [6.07, 6.45) is 2.47. The van der Waals surface area contributed by atoms with Crippen LogP contribution in [0, 0.1) is 13.8 Å². The Hall–Kier alpha value is -2.25. The van der Waals surface area contributed by atoms with Crippen LogP contribution < -0.4 is 5.43 Å². The summed E-state index contributed by atoms with van der Waals surface area (Å²) in [4.78, 5) is 17.8. The molecule has 0 aromatic carbocycles. The van der Waals surface area contributed by atoms with Crippen molar-refractivity contribution in [1.82, 2.24) is 29.9 Å². The minimum Gasteiger partial charge on any atom is -0.273 e. The largest absolute Gasteiger partial charge is 0.273 e. The van der Waals surface area contributed by atoms with E-state index in [0.717, 1.165) is 30.1 Å².